The van der Waals surface area contributed by atoms with Gasteiger partial charge in [-0.25, -0.2) is 0 Å². The van der Waals surface area contributed by atoms with Gasteiger partial charge in [-0.3, -0.25) is 4.98 Å². The van der Waals surface area contributed by atoms with Crippen molar-refractivity contribution in [2.45, 2.75) is 48.2 Å². The van der Waals surface area contributed by atoms with Crippen molar-refractivity contribution in [1.82, 2.24) is 4.98 Å². The van der Waals surface area contributed by atoms with E-state index < -0.39 is 64.8 Å². The Hall–Kier alpha value is -0.700. The van der Waals surface area contributed by atoms with Crippen LogP contribution in [0.5, 0.6) is 0 Å². The minimum absolute atomic E-state index is 0. The lowest BCUT2D eigenvalue weighted by Crippen LogP contribution is -3.00. The fraction of sp³-hybridized carbons (Fsp3) is 0.706. The highest BCUT2D eigenvalue weighted by Gasteiger charge is 2.51. The predicted octanol–water partition coefficient (Wildman–Crippen LogP) is -4.05. The number of ether oxygens (including phenoxy) is 2. The van der Waals surface area contributed by atoms with E-state index in [2.05, 4.69) is 4.98 Å². The number of aromatic nitrogens is 1. The Bertz CT molecular complexity index is 704. The second-order valence-electron chi connectivity index (χ2n) is 7.02. The van der Waals surface area contributed by atoms with E-state index >= 15 is 0 Å². The van der Waals surface area contributed by atoms with Crippen molar-refractivity contribution in [3.63, 3.8) is 0 Å². The number of aliphatic hydroxyl groups excluding tert-OH is 5. The van der Waals surface area contributed by atoms with Crippen LogP contribution in [0, 0.1) is 0 Å². The molecule has 2 aliphatic heterocycles. The van der Waals surface area contributed by atoms with Gasteiger partial charge in [0.15, 0.2) is 11.5 Å². The second kappa shape index (κ2) is 10.3. The Morgan fingerprint density at radius 1 is 1.23 bits per heavy atom. The molecule has 0 bridgehead atoms. The van der Waals surface area contributed by atoms with Crippen molar-refractivity contribution in [1.29, 1.82) is 0 Å². The largest absolute Gasteiger partial charge is 1.00 e. The zero-order valence-corrected chi connectivity index (χ0v) is 17.1. The fourth-order valence-corrected chi connectivity index (χ4v) is 6.11. The third kappa shape index (κ3) is 5.56. The Morgan fingerprint density at radius 2 is 1.93 bits per heavy atom. The summed E-state index contributed by atoms with van der Waals surface area (Å²) in [4.78, 5) is 3.27. The van der Waals surface area contributed by atoms with Crippen LogP contribution in [-0.4, -0.2) is 91.0 Å². The molecule has 8 atom stereocenters. The summed E-state index contributed by atoms with van der Waals surface area (Å²) in [6, 6.07) is 2.06. The third-order valence-electron chi connectivity index (χ3n) is 4.96. The maximum atomic E-state index is 12.9. The van der Waals surface area contributed by atoms with Crippen LogP contribution in [0.3, 0.4) is 0 Å². The summed E-state index contributed by atoms with van der Waals surface area (Å²) < 4.78 is 49.5. The first-order chi connectivity index (χ1) is 13.6. The van der Waals surface area contributed by atoms with Crippen LogP contribution in [0.2, 0.25) is 0 Å². The molecule has 0 aromatic carbocycles. The number of pyridine rings is 1. The highest BCUT2D eigenvalue weighted by molar-refractivity contribution is 7.97. The van der Waals surface area contributed by atoms with Gasteiger partial charge >= 0.3 is 6.18 Å². The fourth-order valence-electron chi connectivity index (χ4n) is 3.43. The molecule has 172 valence electrons. The van der Waals surface area contributed by atoms with E-state index in [0.29, 0.717) is 0 Å². The lowest BCUT2D eigenvalue weighted by atomic mass is 10.1. The number of hydrogen-bond acceptors (Lipinski definition) is 8. The molecule has 2 fully saturated rings. The van der Waals surface area contributed by atoms with Gasteiger partial charge in [0.2, 0.25) is 0 Å². The van der Waals surface area contributed by atoms with E-state index in [-0.39, 0.29) is 42.7 Å². The van der Waals surface area contributed by atoms with Crippen LogP contribution in [0.1, 0.15) is 17.5 Å². The summed E-state index contributed by atoms with van der Waals surface area (Å²) in [6.45, 7) is -0.635. The highest BCUT2D eigenvalue weighted by atomic mass is 35.5. The van der Waals surface area contributed by atoms with Gasteiger partial charge in [-0.1, -0.05) is 0 Å². The van der Waals surface area contributed by atoms with Gasteiger partial charge in [-0.2, -0.15) is 13.2 Å². The Balaban J connectivity index is 0.00000320. The van der Waals surface area contributed by atoms with Crippen LogP contribution in [0.25, 0.3) is 0 Å². The molecule has 0 spiro atoms. The smallest absolute Gasteiger partial charge is 0.433 e. The van der Waals surface area contributed by atoms with E-state index in [4.69, 9.17) is 9.47 Å². The quantitative estimate of drug-likeness (QED) is 0.271. The molecule has 2 unspecified atom stereocenters. The van der Waals surface area contributed by atoms with Crippen molar-refractivity contribution in [3.05, 3.63) is 29.6 Å². The van der Waals surface area contributed by atoms with Crippen molar-refractivity contribution in [2.24, 2.45) is 0 Å². The second-order valence-corrected chi connectivity index (χ2v) is 9.37. The van der Waals surface area contributed by atoms with Crippen LogP contribution in [0.15, 0.2) is 18.3 Å². The molecular formula is C17H23ClF3NO7S. The van der Waals surface area contributed by atoms with Gasteiger partial charge in [0.1, 0.15) is 47.7 Å². The lowest BCUT2D eigenvalue weighted by molar-refractivity contribution is -0.273. The topological polar surface area (TPSA) is 132 Å². The maximum absolute atomic E-state index is 12.9. The molecule has 13 heteroatoms. The Morgan fingerprint density at radius 3 is 2.57 bits per heavy atom. The number of aliphatic hydroxyl groups is 5. The first-order valence-electron chi connectivity index (χ1n) is 8.91. The van der Waals surface area contributed by atoms with Gasteiger partial charge < -0.3 is 47.4 Å². The minimum atomic E-state index is -4.65. The van der Waals surface area contributed by atoms with E-state index in [1.165, 1.54) is 6.07 Å². The summed E-state index contributed by atoms with van der Waals surface area (Å²) in [5.74, 6) is 0.226. The van der Waals surface area contributed by atoms with Crippen molar-refractivity contribution in [2.75, 3.05) is 24.7 Å². The molecule has 3 heterocycles. The third-order valence-corrected chi connectivity index (χ3v) is 7.78. The molecule has 30 heavy (non-hydrogen) atoms. The number of alkyl halides is 3. The lowest BCUT2D eigenvalue weighted by Gasteiger charge is -2.36. The van der Waals surface area contributed by atoms with E-state index in [0.717, 1.165) is 12.3 Å². The highest BCUT2D eigenvalue weighted by Crippen LogP contribution is 2.33. The number of rotatable bonds is 5. The average molecular weight is 478 g/mol. The normalized spacial score (nSPS) is 35.7. The van der Waals surface area contributed by atoms with Gasteiger partial charge in [0, 0.05) is 22.7 Å². The Labute approximate surface area is 179 Å². The van der Waals surface area contributed by atoms with Crippen molar-refractivity contribution < 1.29 is 60.6 Å². The van der Waals surface area contributed by atoms with E-state index in [9.17, 15) is 38.7 Å². The summed E-state index contributed by atoms with van der Waals surface area (Å²) in [7, 11) is -0.734. The minimum Gasteiger partial charge on any atom is -1.00 e. The summed E-state index contributed by atoms with van der Waals surface area (Å²) in [6.07, 6.45) is -10.7. The summed E-state index contributed by atoms with van der Waals surface area (Å²) in [5.41, 5.74) is -1.08. The molecule has 3 rings (SSSR count). The molecule has 2 saturated heterocycles. The first-order valence-corrected chi connectivity index (χ1v) is 10.5. The van der Waals surface area contributed by atoms with E-state index in [1.54, 1.807) is 0 Å². The summed E-state index contributed by atoms with van der Waals surface area (Å²) >= 11 is 0. The molecule has 5 N–H and O–H groups in total. The van der Waals surface area contributed by atoms with Crippen LogP contribution in [0.4, 0.5) is 13.2 Å². The molecule has 0 radical (unpaired) electrons. The van der Waals surface area contributed by atoms with Crippen LogP contribution >= 0.6 is 0 Å². The number of hydrogen-bond donors (Lipinski definition) is 5. The molecule has 1 aromatic heterocycles. The van der Waals surface area contributed by atoms with Gasteiger partial charge in [0.05, 0.1) is 13.2 Å². The average Bonchev–Trinajstić information content (AvgIpc) is 2.94. The molecular weight excluding hydrogens is 455 g/mol. The zero-order valence-electron chi connectivity index (χ0n) is 15.5. The molecule has 2 aliphatic rings. The zero-order chi connectivity index (χ0) is 21.3. The maximum Gasteiger partial charge on any atom is 0.433 e. The monoisotopic (exact) mass is 477 g/mol. The first kappa shape index (κ1) is 25.6. The molecule has 0 aliphatic carbocycles. The van der Waals surface area contributed by atoms with Gasteiger partial charge in [0.25, 0.3) is 0 Å². The van der Waals surface area contributed by atoms with E-state index in [1.807, 2.05) is 0 Å². The van der Waals surface area contributed by atoms with Gasteiger partial charge in [-0.05, 0) is 12.1 Å². The van der Waals surface area contributed by atoms with Crippen LogP contribution in [-0.2, 0) is 26.5 Å². The molecule has 0 amide bonds. The van der Waals surface area contributed by atoms with Crippen molar-refractivity contribution >= 4 is 10.9 Å². The summed E-state index contributed by atoms with van der Waals surface area (Å²) in [5, 5.41) is 49.2. The van der Waals surface area contributed by atoms with Crippen LogP contribution < -0.4 is 12.4 Å². The molecule has 0 saturated carbocycles. The SMILES string of the molecule is OC[C@@H]1[C@@H](O)[C@H](O)C[S+]1C[C@@H](O)[C@H]1OC(c2ccnc(C(F)(F)F)c2)OC[C@H]1O.[Cl-]. The number of nitrogens with zero attached hydrogens (tertiary/aromatic N) is 1. The molecule has 1 aromatic rings. The number of halogens is 4. The van der Waals surface area contributed by atoms with Crippen molar-refractivity contribution in [3.8, 4) is 0 Å². The Kier molecular flexibility index (Phi) is 8.76. The standard InChI is InChI=1S/C17H23F3NO7S.ClH/c18-17(19,20)13-3-8(1-2-21-13)16-27-5-9(23)15(28-16)11(25)7-29-6-10(24)14(26)12(29)4-22;/h1-3,9-12,14-16,22-26H,4-7H2;1H/q+1;/p-1/t9-,10-,11-,12-,14+,15+,16?,29?;/m1./s1. The van der Waals surface area contributed by atoms with Gasteiger partial charge in [-0.15, -0.1) is 0 Å². The molecule has 8 nitrogen and oxygen atoms in total. The predicted molar refractivity (Wildman–Crippen MR) is 94.8 cm³/mol.